The van der Waals surface area contributed by atoms with Gasteiger partial charge < -0.3 is 11.1 Å². The van der Waals surface area contributed by atoms with Crippen LogP contribution < -0.4 is 11.1 Å². The number of aryl methyl sites for hydroxylation is 1. The number of sulfonamides is 1. The van der Waals surface area contributed by atoms with Crippen LogP contribution in [0.1, 0.15) is 18.4 Å². The number of rotatable bonds is 5. The Labute approximate surface area is 153 Å². The summed E-state index contributed by atoms with van der Waals surface area (Å²) < 4.78 is 27.9. The van der Waals surface area contributed by atoms with E-state index in [4.69, 9.17) is 5.73 Å². The zero-order valence-electron chi connectivity index (χ0n) is 14.8. The number of amides is 1. The lowest BCUT2D eigenvalue weighted by Gasteiger charge is -2.31. The topological polar surface area (TPSA) is 105 Å². The van der Waals surface area contributed by atoms with Crippen molar-refractivity contribution in [2.45, 2.75) is 24.7 Å². The van der Waals surface area contributed by atoms with E-state index in [2.05, 4.69) is 10.3 Å². The number of fused-ring (bicyclic) bond motifs is 1. The van der Waals surface area contributed by atoms with E-state index in [1.54, 1.807) is 30.5 Å². The lowest BCUT2D eigenvalue weighted by atomic mass is 9.99. The van der Waals surface area contributed by atoms with Gasteiger partial charge in [-0.1, -0.05) is 6.07 Å². The van der Waals surface area contributed by atoms with Crippen molar-refractivity contribution in [3.63, 3.8) is 0 Å². The molecule has 0 bridgehead atoms. The molecule has 26 heavy (non-hydrogen) atoms. The van der Waals surface area contributed by atoms with Crippen molar-refractivity contribution in [1.29, 1.82) is 0 Å². The third-order valence-corrected chi connectivity index (χ3v) is 6.67. The molecule has 1 aromatic heterocycles. The van der Waals surface area contributed by atoms with Gasteiger partial charge in [0.05, 0.1) is 16.3 Å². The van der Waals surface area contributed by atoms with E-state index in [-0.39, 0.29) is 23.3 Å². The number of carbonyl (C=O) groups excluding carboxylic acids is 1. The molecule has 2 heterocycles. The normalized spacial score (nSPS) is 18.8. The Hall–Kier alpha value is -2.03. The molecule has 1 aliphatic heterocycles. The van der Waals surface area contributed by atoms with Crippen LogP contribution in [0.5, 0.6) is 0 Å². The highest BCUT2D eigenvalue weighted by molar-refractivity contribution is 7.89. The number of nitrogens with one attached hydrogen (secondary N) is 1. The summed E-state index contributed by atoms with van der Waals surface area (Å²) in [6.45, 7) is 3.27. The maximum absolute atomic E-state index is 13.2. The quantitative estimate of drug-likeness (QED) is 0.810. The molecule has 1 atom stereocenters. The number of hydrogen-bond donors (Lipinski definition) is 2. The molecule has 0 saturated carbocycles. The number of carbonyl (C=O) groups is 1. The summed E-state index contributed by atoms with van der Waals surface area (Å²) in [5.41, 5.74) is 7.03. The molecule has 140 valence electrons. The molecule has 1 amide bonds. The number of nitrogens with zero attached hydrogens (tertiary/aromatic N) is 2. The minimum Gasteiger partial charge on any atom is -0.355 e. The first-order chi connectivity index (χ1) is 12.4. The summed E-state index contributed by atoms with van der Waals surface area (Å²) in [6, 6.07) is 6.92. The molecule has 7 nitrogen and oxygen atoms in total. The number of pyridine rings is 1. The van der Waals surface area contributed by atoms with Crippen LogP contribution in [0, 0.1) is 12.8 Å². The fourth-order valence-corrected chi connectivity index (χ4v) is 5.07. The minimum absolute atomic E-state index is 0.134. The van der Waals surface area contributed by atoms with E-state index in [1.807, 2.05) is 6.92 Å². The third-order valence-electron chi connectivity index (χ3n) is 4.75. The van der Waals surface area contributed by atoms with Crippen LogP contribution in [0.3, 0.4) is 0 Å². The zero-order valence-corrected chi connectivity index (χ0v) is 15.6. The van der Waals surface area contributed by atoms with Crippen LogP contribution in [0.25, 0.3) is 10.9 Å². The van der Waals surface area contributed by atoms with Crippen LogP contribution >= 0.6 is 0 Å². The van der Waals surface area contributed by atoms with Crippen molar-refractivity contribution in [3.05, 3.63) is 36.0 Å². The molecule has 1 aromatic carbocycles. The number of aromatic nitrogens is 1. The van der Waals surface area contributed by atoms with Crippen molar-refractivity contribution in [2.24, 2.45) is 11.7 Å². The number of nitrogens with two attached hydrogens (primary N) is 1. The van der Waals surface area contributed by atoms with Crippen LogP contribution in [0.15, 0.2) is 35.4 Å². The Morgan fingerprint density at radius 1 is 1.38 bits per heavy atom. The van der Waals surface area contributed by atoms with Gasteiger partial charge in [0.1, 0.15) is 0 Å². The van der Waals surface area contributed by atoms with Gasteiger partial charge in [-0.2, -0.15) is 4.31 Å². The van der Waals surface area contributed by atoms with Crippen LogP contribution in [-0.4, -0.2) is 49.8 Å². The summed E-state index contributed by atoms with van der Waals surface area (Å²) in [5, 5.41) is 3.37. The first kappa shape index (κ1) is 18.8. The van der Waals surface area contributed by atoms with Gasteiger partial charge in [-0.15, -0.1) is 0 Å². The van der Waals surface area contributed by atoms with E-state index in [1.165, 1.54) is 4.31 Å². The molecule has 3 rings (SSSR count). The van der Waals surface area contributed by atoms with Crippen LogP contribution in [0.4, 0.5) is 0 Å². The first-order valence-corrected chi connectivity index (χ1v) is 10.2. The highest BCUT2D eigenvalue weighted by Gasteiger charge is 2.34. The second-order valence-electron chi connectivity index (χ2n) is 6.56. The van der Waals surface area contributed by atoms with Crippen LogP contribution in [-0.2, 0) is 14.8 Å². The molecule has 8 heteroatoms. The number of hydrogen-bond acceptors (Lipinski definition) is 5. The zero-order chi connectivity index (χ0) is 18.7. The number of piperidine rings is 1. The van der Waals surface area contributed by atoms with Gasteiger partial charge in [-0.3, -0.25) is 9.78 Å². The molecule has 1 fully saturated rings. The van der Waals surface area contributed by atoms with Crippen molar-refractivity contribution < 1.29 is 13.2 Å². The average molecular weight is 376 g/mol. The Morgan fingerprint density at radius 2 is 2.19 bits per heavy atom. The molecule has 0 radical (unpaired) electrons. The second-order valence-corrected chi connectivity index (χ2v) is 8.47. The Bertz CT molecular complexity index is 914. The van der Waals surface area contributed by atoms with Gasteiger partial charge in [-0.05, 0) is 43.5 Å². The van der Waals surface area contributed by atoms with Crippen molar-refractivity contribution >= 4 is 26.8 Å². The fraction of sp³-hybridized carbons (Fsp3) is 0.444. The first-order valence-electron chi connectivity index (χ1n) is 8.77. The van der Waals surface area contributed by atoms with Crippen molar-refractivity contribution in [3.8, 4) is 0 Å². The summed E-state index contributed by atoms with van der Waals surface area (Å²) >= 11 is 0. The summed E-state index contributed by atoms with van der Waals surface area (Å²) in [5.74, 6) is -0.481. The molecule has 1 saturated heterocycles. The monoisotopic (exact) mass is 376 g/mol. The smallest absolute Gasteiger partial charge is 0.243 e. The third kappa shape index (κ3) is 3.58. The predicted molar refractivity (Wildman–Crippen MR) is 100 cm³/mol. The summed E-state index contributed by atoms with van der Waals surface area (Å²) in [4.78, 5) is 16.8. The molecule has 2 aromatic rings. The van der Waals surface area contributed by atoms with E-state index >= 15 is 0 Å². The van der Waals surface area contributed by atoms with Gasteiger partial charge in [0, 0.05) is 37.8 Å². The Kier molecular flexibility index (Phi) is 5.55. The molecule has 0 aliphatic carbocycles. The Morgan fingerprint density at radius 3 is 2.96 bits per heavy atom. The molecule has 3 N–H and O–H groups in total. The molecular weight excluding hydrogens is 352 g/mol. The maximum Gasteiger partial charge on any atom is 0.243 e. The van der Waals surface area contributed by atoms with E-state index < -0.39 is 10.0 Å². The number of benzene rings is 1. The van der Waals surface area contributed by atoms with Gasteiger partial charge in [0.2, 0.25) is 15.9 Å². The van der Waals surface area contributed by atoms with Crippen LogP contribution in [0.2, 0.25) is 0 Å². The predicted octanol–water partition coefficient (Wildman–Crippen LogP) is 1.02. The summed E-state index contributed by atoms with van der Waals surface area (Å²) in [7, 11) is -3.70. The second kappa shape index (κ2) is 7.69. The van der Waals surface area contributed by atoms with E-state index in [0.29, 0.717) is 43.4 Å². The van der Waals surface area contributed by atoms with Gasteiger partial charge in [-0.25, -0.2) is 8.42 Å². The highest BCUT2D eigenvalue weighted by atomic mass is 32.2. The van der Waals surface area contributed by atoms with Crippen molar-refractivity contribution in [1.82, 2.24) is 14.6 Å². The van der Waals surface area contributed by atoms with E-state index in [9.17, 15) is 13.2 Å². The minimum atomic E-state index is -3.70. The highest BCUT2D eigenvalue weighted by Crippen LogP contribution is 2.29. The van der Waals surface area contributed by atoms with E-state index in [0.717, 1.165) is 5.56 Å². The molecule has 0 spiro atoms. The lowest BCUT2D eigenvalue weighted by molar-refractivity contribution is -0.126. The average Bonchev–Trinajstić information content (AvgIpc) is 2.66. The summed E-state index contributed by atoms with van der Waals surface area (Å²) in [6.07, 6.45) is 2.99. The largest absolute Gasteiger partial charge is 0.355 e. The molecular formula is C18H24N4O3S. The lowest BCUT2D eigenvalue weighted by Crippen LogP contribution is -2.46. The maximum atomic E-state index is 13.2. The SMILES string of the molecule is Cc1ccc(S(=O)(=O)N2CCCC(C(=O)NCCN)C2)c2cccnc12. The van der Waals surface area contributed by atoms with Crippen molar-refractivity contribution in [2.75, 3.05) is 26.2 Å². The molecule has 1 aliphatic rings. The Balaban J connectivity index is 1.91. The fourth-order valence-electron chi connectivity index (χ4n) is 3.37. The standard InChI is InChI=1S/C18H24N4O3S/c1-13-6-7-16(15-5-2-9-20-17(13)15)26(24,25)22-11-3-4-14(12-22)18(23)21-10-8-19/h2,5-7,9,14H,3-4,8,10-12,19H2,1H3,(H,21,23). The van der Waals surface area contributed by atoms with Gasteiger partial charge >= 0.3 is 0 Å². The van der Waals surface area contributed by atoms with Gasteiger partial charge in [0.15, 0.2) is 0 Å². The van der Waals surface area contributed by atoms with Gasteiger partial charge in [0.25, 0.3) is 0 Å². The molecule has 1 unspecified atom stereocenters.